The fourth-order valence-corrected chi connectivity index (χ4v) is 2.81. The molecule has 3 aromatic rings. The molecule has 1 aromatic heterocycles. The fourth-order valence-electron chi connectivity index (χ4n) is 2.63. The van der Waals surface area contributed by atoms with Crippen LogP contribution in [0, 0.1) is 6.92 Å². The molecule has 0 unspecified atom stereocenters. The third-order valence-electron chi connectivity index (χ3n) is 3.95. The zero-order valence-corrected chi connectivity index (χ0v) is 15.5. The Bertz CT molecular complexity index is 921. The molecule has 1 amide bonds. The van der Waals surface area contributed by atoms with Gasteiger partial charge >= 0.3 is 0 Å². The van der Waals surface area contributed by atoms with Crippen LogP contribution in [0.2, 0.25) is 5.02 Å². The van der Waals surface area contributed by atoms with E-state index in [0.717, 1.165) is 16.8 Å². The summed E-state index contributed by atoms with van der Waals surface area (Å²) in [5, 5.41) is 7.83. The summed E-state index contributed by atoms with van der Waals surface area (Å²) in [7, 11) is 1.86. The maximum atomic E-state index is 12.4. The molecule has 2 aromatic carbocycles. The molecule has 0 radical (unpaired) electrons. The zero-order valence-electron chi connectivity index (χ0n) is 14.7. The van der Waals surface area contributed by atoms with Crippen molar-refractivity contribution in [3.05, 3.63) is 82.1 Å². The number of benzene rings is 2. The van der Waals surface area contributed by atoms with Gasteiger partial charge in [-0.25, -0.2) is 0 Å². The van der Waals surface area contributed by atoms with E-state index in [0.29, 0.717) is 29.5 Å². The number of hydrogen-bond donors (Lipinski definition) is 1. The summed E-state index contributed by atoms with van der Waals surface area (Å²) in [5.41, 5.74) is 3.42. The third kappa shape index (κ3) is 4.64. The highest BCUT2D eigenvalue weighted by Crippen LogP contribution is 2.18. The number of nitrogens with one attached hydrogen (secondary N) is 1. The van der Waals surface area contributed by atoms with Gasteiger partial charge < -0.3 is 10.1 Å². The second kappa shape index (κ2) is 8.06. The predicted molar refractivity (Wildman–Crippen MR) is 101 cm³/mol. The average Bonchev–Trinajstić information content (AvgIpc) is 2.95. The first-order chi connectivity index (χ1) is 12.5. The molecule has 0 aliphatic heterocycles. The number of aromatic nitrogens is 2. The van der Waals surface area contributed by atoms with Gasteiger partial charge in [-0.15, -0.1) is 0 Å². The van der Waals surface area contributed by atoms with Crippen LogP contribution in [0.5, 0.6) is 5.75 Å². The van der Waals surface area contributed by atoms with Crippen LogP contribution in [0.4, 0.5) is 0 Å². The van der Waals surface area contributed by atoms with Crippen LogP contribution in [-0.4, -0.2) is 15.7 Å². The molecule has 1 heterocycles. The van der Waals surface area contributed by atoms with Crippen molar-refractivity contribution < 1.29 is 9.53 Å². The number of nitrogens with zero attached hydrogens (tertiary/aromatic N) is 2. The second-order valence-electron chi connectivity index (χ2n) is 6.04. The van der Waals surface area contributed by atoms with Crippen LogP contribution in [0.15, 0.2) is 54.7 Å². The number of carbonyl (C=O) groups excluding carboxylic acids is 1. The summed E-state index contributed by atoms with van der Waals surface area (Å²) < 4.78 is 7.47. The molecule has 0 saturated carbocycles. The Morgan fingerprint density at radius 1 is 1.23 bits per heavy atom. The van der Waals surface area contributed by atoms with Gasteiger partial charge in [-0.05, 0) is 42.8 Å². The van der Waals surface area contributed by atoms with Crippen LogP contribution in [0.3, 0.4) is 0 Å². The highest BCUT2D eigenvalue weighted by molar-refractivity contribution is 6.30. The number of hydrogen-bond acceptors (Lipinski definition) is 3. The molecule has 3 rings (SSSR count). The Morgan fingerprint density at radius 3 is 2.77 bits per heavy atom. The number of aryl methyl sites for hydroxylation is 2. The lowest BCUT2D eigenvalue weighted by atomic mass is 10.1. The van der Waals surface area contributed by atoms with E-state index in [2.05, 4.69) is 10.4 Å². The Hall–Kier alpha value is -2.79. The first kappa shape index (κ1) is 18.0. The van der Waals surface area contributed by atoms with Crippen molar-refractivity contribution in [2.45, 2.75) is 20.1 Å². The van der Waals surface area contributed by atoms with Crippen molar-refractivity contribution in [1.82, 2.24) is 15.1 Å². The maximum absolute atomic E-state index is 12.4. The van der Waals surface area contributed by atoms with Gasteiger partial charge in [-0.2, -0.15) is 5.10 Å². The molecule has 0 fully saturated rings. The molecule has 0 aliphatic rings. The zero-order chi connectivity index (χ0) is 18.5. The van der Waals surface area contributed by atoms with Gasteiger partial charge in [0.15, 0.2) is 0 Å². The number of carbonyl (C=O) groups is 1. The highest BCUT2D eigenvalue weighted by atomic mass is 35.5. The first-order valence-electron chi connectivity index (χ1n) is 8.26. The van der Waals surface area contributed by atoms with Gasteiger partial charge in [0.05, 0.1) is 5.69 Å². The smallest absolute Gasteiger partial charge is 0.251 e. The summed E-state index contributed by atoms with van der Waals surface area (Å²) in [6, 6.07) is 14.6. The van der Waals surface area contributed by atoms with Crippen molar-refractivity contribution in [1.29, 1.82) is 0 Å². The standard InChI is InChI=1S/C20H20ClN3O2/c1-14-17(12-24(2)23-14)11-22-20(25)16-6-3-5-15(9-16)13-26-19-8-4-7-18(21)10-19/h3-10,12H,11,13H2,1-2H3,(H,22,25). The number of amides is 1. The SMILES string of the molecule is Cc1nn(C)cc1CNC(=O)c1cccc(COc2cccc(Cl)c2)c1. The van der Waals surface area contributed by atoms with Crippen LogP contribution in [-0.2, 0) is 20.2 Å². The summed E-state index contributed by atoms with van der Waals surface area (Å²) in [4.78, 5) is 12.4. The van der Waals surface area contributed by atoms with Crippen molar-refractivity contribution >= 4 is 17.5 Å². The molecule has 0 spiro atoms. The molecule has 26 heavy (non-hydrogen) atoms. The van der Waals surface area contributed by atoms with E-state index in [4.69, 9.17) is 16.3 Å². The maximum Gasteiger partial charge on any atom is 0.251 e. The normalized spacial score (nSPS) is 10.6. The molecule has 0 bridgehead atoms. The molecule has 134 valence electrons. The summed E-state index contributed by atoms with van der Waals surface area (Å²) in [6.07, 6.45) is 1.91. The quantitative estimate of drug-likeness (QED) is 0.717. The van der Waals surface area contributed by atoms with Gasteiger partial charge in [-0.1, -0.05) is 29.8 Å². The summed E-state index contributed by atoms with van der Waals surface area (Å²) in [6.45, 7) is 2.74. The van der Waals surface area contributed by atoms with Gasteiger partial charge in [0.2, 0.25) is 0 Å². The van der Waals surface area contributed by atoms with Crippen molar-refractivity contribution in [3.63, 3.8) is 0 Å². The Balaban J connectivity index is 1.61. The Morgan fingerprint density at radius 2 is 2.04 bits per heavy atom. The summed E-state index contributed by atoms with van der Waals surface area (Å²) in [5.74, 6) is 0.567. The highest BCUT2D eigenvalue weighted by Gasteiger charge is 2.09. The molecule has 6 heteroatoms. The van der Waals surface area contributed by atoms with E-state index in [1.807, 2.05) is 50.5 Å². The van der Waals surface area contributed by atoms with E-state index in [1.165, 1.54) is 0 Å². The lowest BCUT2D eigenvalue weighted by molar-refractivity contribution is 0.0950. The van der Waals surface area contributed by atoms with Crippen LogP contribution < -0.4 is 10.1 Å². The minimum atomic E-state index is -0.127. The minimum Gasteiger partial charge on any atom is -0.489 e. The van der Waals surface area contributed by atoms with Crippen molar-refractivity contribution in [2.75, 3.05) is 0 Å². The fraction of sp³-hybridized carbons (Fsp3) is 0.200. The molecule has 0 saturated heterocycles. The third-order valence-corrected chi connectivity index (χ3v) is 4.18. The second-order valence-corrected chi connectivity index (χ2v) is 6.48. The molecule has 0 atom stereocenters. The van der Waals surface area contributed by atoms with E-state index in [-0.39, 0.29) is 5.91 Å². The summed E-state index contributed by atoms with van der Waals surface area (Å²) >= 11 is 5.95. The van der Waals surface area contributed by atoms with Crippen molar-refractivity contribution in [3.8, 4) is 5.75 Å². The average molecular weight is 370 g/mol. The van der Waals surface area contributed by atoms with Gasteiger partial charge in [0.25, 0.3) is 5.91 Å². The van der Waals surface area contributed by atoms with E-state index in [1.54, 1.807) is 22.9 Å². The monoisotopic (exact) mass is 369 g/mol. The lowest BCUT2D eigenvalue weighted by Gasteiger charge is -2.09. The van der Waals surface area contributed by atoms with Crippen LogP contribution in [0.25, 0.3) is 0 Å². The largest absolute Gasteiger partial charge is 0.489 e. The predicted octanol–water partition coefficient (Wildman–Crippen LogP) is 3.89. The lowest BCUT2D eigenvalue weighted by Crippen LogP contribution is -2.23. The number of ether oxygens (including phenoxy) is 1. The van der Waals surface area contributed by atoms with Gasteiger partial charge in [0.1, 0.15) is 12.4 Å². The Labute approximate surface area is 157 Å². The minimum absolute atomic E-state index is 0.127. The van der Waals surface area contributed by atoms with E-state index < -0.39 is 0 Å². The van der Waals surface area contributed by atoms with Crippen LogP contribution >= 0.6 is 11.6 Å². The molecule has 1 N–H and O–H groups in total. The van der Waals surface area contributed by atoms with E-state index in [9.17, 15) is 4.79 Å². The van der Waals surface area contributed by atoms with E-state index >= 15 is 0 Å². The molecular weight excluding hydrogens is 350 g/mol. The number of halogens is 1. The van der Waals surface area contributed by atoms with Crippen LogP contribution in [0.1, 0.15) is 27.2 Å². The topological polar surface area (TPSA) is 56.2 Å². The van der Waals surface area contributed by atoms with Gasteiger partial charge in [0, 0.05) is 35.9 Å². The molecular formula is C20H20ClN3O2. The molecule has 5 nitrogen and oxygen atoms in total. The molecule has 0 aliphatic carbocycles. The van der Waals surface area contributed by atoms with Gasteiger partial charge in [-0.3, -0.25) is 9.48 Å². The first-order valence-corrected chi connectivity index (χ1v) is 8.63. The Kier molecular flexibility index (Phi) is 5.58. The number of rotatable bonds is 6. The van der Waals surface area contributed by atoms with Crippen molar-refractivity contribution in [2.24, 2.45) is 7.05 Å².